The Labute approximate surface area is 102 Å². The van der Waals surface area contributed by atoms with E-state index in [0.29, 0.717) is 0 Å². The largest absolute Gasteiger partial charge is 0.0608 e. The topological polar surface area (TPSA) is 0 Å². The van der Waals surface area contributed by atoms with Crippen LogP contribution in [0.5, 0.6) is 0 Å². The van der Waals surface area contributed by atoms with Crippen LogP contribution in [0.4, 0.5) is 0 Å². The maximum atomic E-state index is 3.68. The monoisotopic (exact) mass is 268 g/mol. The molecule has 0 unspecified atom stereocenters. The first-order valence-corrected chi connectivity index (χ1v) is 6.23. The summed E-state index contributed by atoms with van der Waals surface area (Å²) >= 11 is 3.68. The summed E-state index contributed by atoms with van der Waals surface area (Å²) in [5, 5.41) is 0. The summed E-state index contributed by atoms with van der Waals surface area (Å²) in [4.78, 5) is 0. The lowest BCUT2D eigenvalue weighted by molar-refractivity contribution is 0.528. The van der Waals surface area contributed by atoms with E-state index in [9.17, 15) is 0 Å². The van der Waals surface area contributed by atoms with Crippen LogP contribution >= 0.6 is 15.9 Å². The van der Waals surface area contributed by atoms with Crippen molar-refractivity contribution in [1.82, 2.24) is 0 Å². The first-order chi connectivity index (χ1) is 6.64. The van der Waals surface area contributed by atoms with Gasteiger partial charge >= 0.3 is 0 Å². The molecule has 0 nitrogen and oxygen atoms in total. The first kappa shape index (κ1) is 12.8. The molecular weight excluding hydrogens is 248 g/mol. The minimum Gasteiger partial charge on any atom is -0.0608 e. The standard InChI is InChI=1S/C14H21Br/c1-13(2,3)10-8-7-9-11(15)12(10)14(4,5)6/h7-9H,1-6H3. The van der Waals surface area contributed by atoms with Gasteiger partial charge in [-0.25, -0.2) is 0 Å². The molecule has 0 fully saturated rings. The minimum atomic E-state index is 0.183. The molecule has 0 aliphatic heterocycles. The van der Waals surface area contributed by atoms with E-state index < -0.39 is 0 Å². The second-order valence-electron chi connectivity index (χ2n) is 6.16. The normalized spacial score (nSPS) is 13.0. The third-order valence-electron chi connectivity index (χ3n) is 2.57. The fourth-order valence-corrected chi connectivity index (χ4v) is 2.87. The van der Waals surface area contributed by atoms with Gasteiger partial charge in [0.1, 0.15) is 0 Å². The molecule has 0 atom stereocenters. The molecule has 0 aliphatic carbocycles. The zero-order valence-electron chi connectivity index (χ0n) is 10.6. The molecule has 0 heterocycles. The number of hydrogen-bond acceptors (Lipinski definition) is 0. The molecule has 0 spiro atoms. The van der Waals surface area contributed by atoms with Gasteiger partial charge in [-0.2, -0.15) is 0 Å². The maximum Gasteiger partial charge on any atom is 0.0215 e. The van der Waals surface area contributed by atoms with Crippen LogP contribution in [0.15, 0.2) is 22.7 Å². The van der Waals surface area contributed by atoms with Crippen LogP contribution in [0.3, 0.4) is 0 Å². The summed E-state index contributed by atoms with van der Waals surface area (Å²) in [7, 11) is 0. The Bertz CT molecular complexity index is 351. The molecule has 84 valence electrons. The van der Waals surface area contributed by atoms with Gasteiger partial charge in [0, 0.05) is 4.47 Å². The highest BCUT2D eigenvalue weighted by molar-refractivity contribution is 9.10. The molecule has 0 aliphatic rings. The van der Waals surface area contributed by atoms with Gasteiger partial charge in [0.15, 0.2) is 0 Å². The van der Waals surface area contributed by atoms with Crippen molar-refractivity contribution in [2.24, 2.45) is 0 Å². The molecule has 1 heteroatoms. The highest BCUT2D eigenvalue weighted by Crippen LogP contribution is 2.38. The Kier molecular flexibility index (Phi) is 3.35. The van der Waals surface area contributed by atoms with Crippen LogP contribution in [0, 0.1) is 0 Å². The van der Waals surface area contributed by atoms with Gasteiger partial charge in [0.2, 0.25) is 0 Å². The third kappa shape index (κ3) is 2.84. The second-order valence-corrected chi connectivity index (χ2v) is 7.02. The quantitative estimate of drug-likeness (QED) is 0.618. The SMILES string of the molecule is CC(C)(C)c1cccc(Br)c1C(C)(C)C. The number of halogens is 1. The average molecular weight is 269 g/mol. The van der Waals surface area contributed by atoms with Crippen LogP contribution < -0.4 is 0 Å². The molecule has 15 heavy (non-hydrogen) atoms. The Morgan fingerprint density at radius 2 is 1.40 bits per heavy atom. The summed E-state index contributed by atoms with van der Waals surface area (Å²) in [6.07, 6.45) is 0. The third-order valence-corrected chi connectivity index (χ3v) is 3.23. The maximum absolute atomic E-state index is 3.68. The van der Waals surface area contributed by atoms with Gasteiger partial charge < -0.3 is 0 Å². The summed E-state index contributed by atoms with van der Waals surface area (Å²) in [6, 6.07) is 6.50. The fourth-order valence-electron chi connectivity index (χ4n) is 1.91. The van der Waals surface area contributed by atoms with Gasteiger partial charge in [0.25, 0.3) is 0 Å². The van der Waals surface area contributed by atoms with Crippen molar-refractivity contribution >= 4 is 15.9 Å². The van der Waals surface area contributed by atoms with Crippen LogP contribution in [-0.2, 0) is 10.8 Å². The van der Waals surface area contributed by atoms with Gasteiger partial charge in [0.05, 0.1) is 0 Å². The highest BCUT2D eigenvalue weighted by Gasteiger charge is 2.26. The summed E-state index contributed by atoms with van der Waals surface area (Å²) in [5.74, 6) is 0. The van der Waals surface area contributed by atoms with E-state index in [-0.39, 0.29) is 10.8 Å². The van der Waals surface area contributed by atoms with Crippen molar-refractivity contribution in [1.29, 1.82) is 0 Å². The molecule has 1 rings (SSSR count). The van der Waals surface area contributed by atoms with E-state index in [4.69, 9.17) is 0 Å². The average Bonchev–Trinajstić information content (AvgIpc) is 1.99. The smallest absolute Gasteiger partial charge is 0.0215 e. The van der Waals surface area contributed by atoms with Crippen molar-refractivity contribution in [2.45, 2.75) is 52.4 Å². The second kappa shape index (κ2) is 3.93. The molecule has 0 saturated carbocycles. The Morgan fingerprint density at radius 1 is 0.867 bits per heavy atom. The first-order valence-electron chi connectivity index (χ1n) is 5.43. The molecule has 1 aromatic carbocycles. The lowest BCUT2D eigenvalue weighted by atomic mass is 9.75. The van der Waals surface area contributed by atoms with Crippen molar-refractivity contribution in [3.63, 3.8) is 0 Å². The zero-order valence-corrected chi connectivity index (χ0v) is 12.2. The van der Waals surface area contributed by atoms with Crippen LogP contribution in [0.1, 0.15) is 52.7 Å². The predicted octanol–water partition coefficient (Wildman–Crippen LogP) is 5.04. The molecule has 0 bridgehead atoms. The predicted molar refractivity (Wildman–Crippen MR) is 71.5 cm³/mol. The van der Waals surface area contributed by atoms with Crippen LogP contribution in [-0.4, -0.2) is 0 Å². The molecule has 1 aromatic rings. The van der Waals surface area contributed by atoms with Gasteiger partial charge in [-0.1, -0.05) is 69.6 Å². The van der Waals surface area contributed by atoms with E-state index in [1.165, 1.54) is 15.6 Å². The number of rotatable bonds is 0. The molecule has 0 saturated heterocycles. The van der Waals surface area contributed by atoms with E-state index in [1.54, 1.807) is 0 Å². The molecular formula is C14H21Br. The van der Waals surface area contributed by atoms with Gasteiger partial charge in [-0.3, -0.25) is 0 Å². The summed E-state index contributed by atoms with van der Waals surface area (Å²) in [6.45, 7) is 13.6. The van der Waals surface area contributed by atoms with Gasteiger partial charge in [-0.15, -0.1) is 0 Å². The van der Waals surface area contributed by atoms with E-state index in [2.05, 4.69) is 75.7 Å². The van der Waals surface area contributed by atoms with Crippen LogP contribution in [0.25, 0.3) is 0 Å². The zero-order chi connectivity index (χ0) is 11.9. The highest BCUT2D eigenvalue weighted by atomic mass is 79.9. The van der Waals surface area contributed by atoms with E-state index >= 15 is 0 Å². The number of benzene rings is 1. The molecule has 0 aromatic heterocycles. The summed E-state index contributed by atoms with van der Waals surface area (Å²) in [5.41, 5.74) is 3.25. The molecule has 0 radical (unpaired) electrons. The Morgan fingerprint density at radius 3 is 1.73 bits per heavy atom. The van der Waals surface area contributed by atoms with Crippen molar-refractivity contribution < 1.29 is 0 Å². The fraction of sp³-hybridized carbons (Fsp3) is 0.571. The van der Waals surface area contributed by atoms with Crippen molar-refractivity contribution in [2.75, 3.05) is 0 Å². The van der Waals surface area contributed by atoms with Crippen molar-refractivity contribution in [3.8, 4) is 0 Å². The molecule has 0 N–H and O–H groups in total. The van der Waals surface area contributed by atoms with E-state index in [0.717, 1.165) is 0 Å². The van der Waals surface area contributed by atoms with E-state index in [1.807, 2.05) is 0 Å². The van der Waals surface area contributed by atoms with Crippen molar-refractivity contribution in [3.05, 3.63) is 33.8 Å². The Balaban J connectivity index is 3.48. The Hall–Kier alpha value is -0.300. The summed E-state index contributed by atoms with van der Waals surface area (Å²) < 4.78 is 1.22. The van der Waals surface area contributed by atoms with Crippen LogP contribution in [0.2, 0.25) is 0 Å². The minimum absolute atomic E-state index is 0.183. The van der Waals surface area contributed by atoms with Gasteiger partial charge in [-0.05, 0) is 28.0 Å². The number of hydrogen-bond donors (Lipinski definition) is 0. The lowest BCUT2D eigenvalue weighted by Gasteiger charge is -2.31. The molecule has 0 amide bonds. The lowest BCUT2D eigenvalue weighted by Crippen LogP contribution is -2.22.